The van der Waals surface area contributed by atoms with E-state index in [-0.39, 0.29) is 12.5 Å². The normalized spacial score (nSPS) is 14.0. The van der Waals surface area contributed by atoms with Crippen molar-refractivity contribution >= 4 is 22.3 Å². The number of hydrogen-bond acceptors (Lipinski definition) is 2. The van der Waals surface area contributed by atoms with Crippen molar-refractivity contribution in [2.24, 2.45) is 0 Å². The van der Waals surface area contributed by atoms with Crippen LogP contribution in [0.5, 0.6) is 0 Å². The van der Waals surface area contributed by atoms with E-state index in [0.29, 0.717) is 0 Å². The summed E-state index contributed by atoms with van der Waals surface area (Å²) in [5.41, 5.74) is 3.37. The summed E-state index contributed by atoms with van der Waals surface area (Å²) in [4.78, 5) is 11.1. The summed E-state index contributed by atoms with van der Waals surface area (Å²) >= 11 is 0. The van der Waals surface area contributed by atoms with Gasteiger partial charge < -0.3 is 0 Å². The molecule has 0 fully saturated rings. The van der Waals surface area contributed by atoms with E-state index >= 15 is 0 Å². The molecule has 0 aromatic heterocycles. The SMILES string of the molecule is CC(=O)N(O)Cc1ccc2ccc(C3=CCCC=C3)cc2c1. The molecule has 0 heterocycles. The van der Waals surface area contributed by atoms with Crippen molar-refractivity contribution in [2.75, 3.05) is 0 Å². The van der Waals surface area contributed by atoms with Crippen molar-refractivity contribution < 1.29 is 10.0 Å². The molecule has 112 valence electrons. The number of amides is 1. The minimum Gasteiger partial charge on any atom is -0.286 e. The molecule has 1 aliphatic carbocycles. The number of hydroxylamine groups is 2. The topological polar surface area (TPSA) is 40.5 Å². The van der Waals surface area contributed by atoms with E-state index in [1.807, 2.05) is 18.2 Å². The molecule has 2 aromatic rings. The Balaban J connectivity index is 1.94. The lowest BCUT2D eigenvalue weighted by molar-refractivity contribution is -0.165. The zero-order valence-corrected chi connectivity index (χ0v) is 12.6. The molecule has 0 spiro atoms. The van der Waals surface area contributed by atoms with Crippen LogP contribution in [0.25, 0.3) is 16.3 Å². The van der Waals surface area contributed by atoms with Gasteiger partial charge in [-0.05, 0) is 52.4 Å². The molecule has 0 saturated heterocycles. The molecule has 0 bridgehead atoms. The molecule has 2 aromatic carbocycles. The summed E-state index contributed by atoms with van der Waals surface area (Å²) in [6, 6.07) is 12.4. The van der Waals surface area contributed by atoms with Crippen LogP contribution in [0.4, 0.5) is 0 Å². The highest BCUT2D eigenvalue weighted by atomic mass is 16.5. The van der Waals surface area contributed by atoms with Gasteiger partial charge in [0.25, 0.3) is 0 Å². The number of hydrogen-bond donors (Lipinski definition) is 1. The third-order valence-corrected chi connectivity index (χ3v) is 3.93. The molecular weight excluding hydrogens is 274 g/mol. The third-order valence-electron chi connectivity index (χ3n) is 3.93. The van der Waals surface area contributed by atoms with Crippen LogP contribution >= 0.6 is 0 Å². The van der Waals surface area contributed by atoms with E-state index in [4.69, 9.17) is 0 Å². The summed E-state index contributed by atoms with van der Waals surface area (Å²) in [5, 5.41) is 12.6. The number of allylic oxidation sites excluding steroid dienone is 4. The minimum atomic E-state index is -0.355. The number of fused-ring (bicyclic) bond motifs is 1. The number of carbonyl (C=O) groups excluding carboxylic acids is 1. The van der Waals surface area contributed by atoms with E-state index in [1.165, 1.54) is 18.1 Å². The average molecular weight is 293 g/mol. The molecule has 0 unspecified atom stereocenters. The van der Waals surface area contributed by atoms with Crippen molar-refractivity contribution in [1.82, 2.24) is 5.06 Å². The summed E-state index contributed by atoms with van der Waals surface area (Å²) in [6.45, 7) is 1.55. The highest BCUT2D eigenvalue weighted by Gasteiger charge is 2.07. The highest BCUT2D eigenvalue weighted by Crippen LogP contribution is 2.26. The Morgan fingerprint density at radius 3 is 2.68 bits per heavy atom. The fraction of sp³-hybridized carbons (Fsp3) is 0.211. The Kier molecular flexibility index (Phi) is 4.07. The van der Waals surface area contributed by atoms with Crippen LogP contribution < -0.4 is 0 Å². The van der Waals surface area contributed by atoms with Crippen LogP contribution in [0.3, 0.4) is 0 Å². The Morgan fingerprint density at radius 1 is 1.14 bits per heavy atom. The Labute approximate surface area is 130 Å². The van der Waals surface area contributed by atoms with Gasteiger partial charge in [-0.15, -0.1) is 0 Å². The van der Waals surface area contributed by atoms with E-state index in [0.717, 1.165) is 34.2 Å². The van der Waals surface area contributed by atoms with Crippen molar-refractivity contribution in [3.05, 3.63) is 65.8 Å². The van der Waals surface area contributed by atoms with Gasteiger partial charge in [-0.25, -0.2) is 5.06 Å². The molecule has 0 atom stereocenters. The zero-order chi connectivity index (χ0) is 15.5. The van der Waals surface area contributed by atoms with Crippen LogP contribution in [0, 0.1) is 0 Å². The monoisotopic (exact) mass is 293 g/mol. The molecular formula is C19H19NO2. The van der Waals surface area contributed by atoms with Crippen LogP contribution in [-0.4, -0.2) is 16.2 Å². The molecule has 22 heavy (non-hydrogen) atoms. The first-order valence-electron chi connectivity index (χ1n) is 7.50. The Morgan fingerprint density at radius 2 is 1.95 bits per heavy atom. The lowest BCUT2D eigenvalue weighted by Gasteiger charge is -2.13. The molecule has 0 saturated carbocycles. The second kappa shape index (κ2) is 6.16. The van der Waals surface area contributed by atoms with Gasteiger partial charge in [0.1, 0.15) is 0 Å². The average Bonchev–Trinajstić information content (AvgIpc) is 2.55. The molecule has 1 amide bonds. The van der Waals surface area contributed by atoms with Gasteiger partial charge in [-0.2, -0.15) is 0 Å². The van der Waals surface area contributed by atoms with Crippen molar-refractivity contribution in [2.45, 2.75) is 26.3 Å². The quantitative estimate of drug-likeness (QED) is 0.676. The number of benzene rings is 2. The predicted molar refractivity (Wildman–Crippen MR) is 88.3 cm³/mol. The molecule has 1 N–H and O–H groups in total. The molecule has 0 aliphatic heterocycles. The lowest BCUT2D eigenvalue weighted by Crippen LogP contribution is -2.23. The van der Waals surface area contributed by atoms with Gasteiger partial charge in [-0.3, -0.25) is 10.0 Å². The maximum Gasteiger partial charge on any atom is 0.243 e. The Bertz CT molecular complexity index is 774. The highest BCUT2D eigenvalue weighted by molar-refractivity contribution is 5.88. The first-order chi connectivity index (χ1) is 10.6. The maximum absolute atomic E-state index is 11.1. The second-order valence-electron chi connectivity index (χ2n) is 5.61. The zero-order valence-electron chi connectivity index (χ0n) is 12.6. The van der Waals surface area contributed by atoms with Gasteiger partial charge in [0.2, 0.25) is 5.91 Å². The van der Waals surface area contributed by atoms with Crippen molar-refractivity contribution in [1.29, 1.82) is 0 Å². The first kappa shape index (κ1) is 14.5. The number of carbonyl (C=O) groups is 1. The van der Waals surface area contributed by atoms with Crippen molar-refractivity contribution in [3.63, 3.8) is 0 Å². The molecule has 1 aliphatic rings. The van der Waals surface area contributed by atoms with Crippen LogP contribution in [0.1, 0.15) is 30.9 Å². The Hall–Kier alpha value is -2.39. The van der Waals surface area contributed by atoms with Crippen LogP contribution in [0.2, 0.25) is 0 Å². The molecule has 3 rings (SSSR count). The summed E-state index contributed by atoms with van der Waals surface area (Å²) in [6.07, 6.45) is 8.82. The summed E-state index contributed by atoms with van der Waals surface area (Å²) < 4.78 is 0. The van der Waals surface area contributed by atoms with E-state index in [1.54, 1.807) is 0 Å². The molecule has 3 heteroatoms. The van der Waals surface area contributed by atoms with Gasteiger partial charge in [0.15, 0.2) is 0 Å². The molecule has 3 nitrogen and oxygen atoms in total. The largest absolute Gasteiger partial charge is 0.286 e. The summed E-state index contributed by atoms with van der Waals surface area (Å²) in [7, 11) is 0. The first-order valence-corrected chi connectivity index (χ1v) is 7.50. The number of rotatable bonds is 3. The third kappa shape index (κ3) is 3.10. The van der Waals surface area contributed by atoms with Gasteiger partial charge in [-0.1, -0.05) is 42.5 Å². The van der Waals surface area contributed by atoms with Crippen LogP contribution in [-0.2, 0) is 11.3 Å². The standard InChI is InChI=1S/C19H19NO2/c1-14(21)20(22)13-15-7-8-17-9-10-18(12-19(17)11-15)16-5-3-2-4-6-16/h3,5-12,22H,2,4,13H2,1H3. The fourth-order valence-electron chi connectivity index (χ4n) is 2.69. The van der Waals surface area contributed by atoms with Gasteiger partial charge in [0.05, 0.1) is 6.54 Å². The van der Waals surface area contributed by atoms with Gasteiger partial charge >= 0.3 is 0 Å². The van der Waals surface area contributed by atoms with E-state index in [9.17, 15) is 10.0 Å². The van der Waals surface area contributed by atoms with Crippen molar-refractivity contribution in [3.8, 4) is 0 Å². The summed E-state index contributed by atoms with van der Waals surface area (Å²) in [5.74, 6) is -0.355. The molecule has 0 radical (unpaired) electrons. The minimum absolute atomic E-state index is 0.206. The maximum atomic E-state index is 11.1. The van der Waals surface area contributed by atoms with E-state index < -0.39 is 0 Å². The van der Waals surface area contributed by atoms with E-state index in [2.05, 4.69) is 36.4 Å². The van der Waals surface area contributed by atoms with Crippen LogP contribution in [0.15, 0.2) is 54.6 Å². The van der Waals surface area contributed by atoms with Gasteiger partial charge in [0, 0.05) is 6.92 Å². The second-order valence-corrected chi connectivity index (χ2v) is 5.61. The number of nitrogens with zero attached hydrogens (tertiary/aromatic N) is 1. The predicted octanol–water partition coefficient (Wildman–Crippen LogP) is 4.31. The lowest BCUT2D eigenvalue weighted by atomic mass is 9.96. The smallest absolute Gasteiger partial charge is 0.243 e. The fourth-order valence-corrected chi connectivity index (χ4v) is 2.69.